The number of halogens is 1. The van der Waals surface area contributed by atoms with Crippen LogP contribution in [0.25, 0.3) is 0 Å². The zero-order chi connectivity index (χ0) is 9.19. The summed E-state index contributed by atoms with van der Waals surface area (Å²) in [5, 5.41) is 0. The van der Waals surface area contributed by atoms with Crippen LogP contribution in [0.3, 0.4) is 0 Å². The van der Waals surface area contributed by atoms with Gasteiger partial charge in [-0.2, -0.15) is 0 Å². The van der Waals surface area contributed by atoms with Crippen molar-refractivity contribution in [2.75, 3.05) is 0 Å². The van der Waals surface area contributed by atoms with E-state index in [2.05, 4.69) is 9.97 Å². The molecule has 1 aromatic heterocycles. The molecule has 1 rings (SSSR count). The molecule has 0 atom stereocenters. The molecule has 66 valence electrons. The second-order valence-electron chi connectivity index (χ2n) is 2.28. The van der Waals surface area contributed by atoms with E-state index < -0.39 is 9.05 Å². The summed E-state index contributed by atoms with van der Waals surface area (Å²) in [6.45, 7) is 1.68. The molecule has 0 aliphatic carbocycles. The lowest BCUT2D eigenvalue weighted by Gasteiger charge is -1.96. The standard InChI is InChI=1S/C6H7ClN2O2S/c1-5-8-3-2-6(9-5)4-12(7,10)11/h2-3H,4H2,1H3. The van der Waals surface area contributed by atoms with Gasteiger partial charge in [-0.25, -0.2) is 18.4 Å². The molecule has 0 aliphatic heterocycles. The van der Waals surface area contributed by atoms with Gasteiger partial charge >= 0.3 is 0 Å². The monoisotopic (exact) mass is 206 g/mol. The van der Waals surface area contributed by atoms with Gasteiger partial charge in [0.15, 0.2) is 0 Å². The topological polar surface area (TPSA) is 59.9 Å². The molecule has 0 aliphatic rings. The number of hydrogen-bond acceptors (Lipinski definition) is 4. The molecule has 0 N–H and O–H groups in total. The third-order valence-corrected chi connectivity index (χ3v) is 2.12. The van der Waals surface area contributed by atoms with Crippen molar-refractivity contribution >= 4 is 19.7 Å². The zero-order valence-electron chi connectivity index (χ0n) is 6.36. The van der Waals surface area contributed by atoms with Crippen LogP contribution in [0.5, 0.6) is 0 Å². The van der Waals surface area contributed by atoms with Crippen molar-refractivity contribution in [1.82, 2.24) is 9.97 Å². The molecule has 0 radical (unpaired) electrons. The molecular formula is C6H7ClN2O2S. The van der Waals surface area contributed by atoms with Crippen LogP contribution in [0.15, 0.2) is 12.3 Å². The van der Waals surface area contributed by atoms with Gasteiger partial charge in [-0.05, 0) is 13.0 Å². The molecule has 0 fully saturated rings. The molecule has 6 heteroatoms. The lowest BCUT2D eigenvalue weighted by molar-refractivity contribution is 0.608. The van der Waals surface area contributed by atoms with E-state index in [0.717, 1.165) is 0 Å². The number of aryl methyl sites for hydroxylation is 1. The van der Waals surface area contributed by atoms with Crippen LogP contribution >= 0.6 is 10.7 Å². The second-order valence-corrected chi connectivity index (χ2v) is 5.06. The van der Waals surface area contributed by atoms with Gasteiger partial charge in [0.2, 0.25) is 9.05 Å². The SMILES string of the molecule is Cc1nccc(CS(=O)(=O)Cl)n1. The lowest BCUT2D eigenvalue weighted by Crippen LogP contribution is -1.99. The molecule has 1 heterocycles. The van der Waals surface area contributed by atoms with E-state index in [9.17, 15) is 8.42 Å². The van der Waals surface area contributed by atoms with Gasteiger partial charge in [0.1, 0.15) is 11.6 Å². The summed E-state index contributed by atoms with van der Waals surface area (Å²) < 4.78 is 21.2. The minimum atomic E-state index is -3.51. The van der Waals surface area contributed by atoms with Gasteiger partial charge in [0.25, 0.3) is 0 Å². The predicted octanol–water partition coefficient (Wildman–Crippen LogP) is 0.854. The maximum absolute atomic E-state index is 10.6. The van der Waals surface area contributed by atoms with E-state index in [1.54, 1.807) is 6.92 Å². The van der Waals surface area contributed by atoms with Gasteiger partial charge in [-0.3, -0.25) is 0 Å². The Hall–Kier alpha value is -0.680. The van der Waals surface area contributed by atoms with Crippen LogP contribution in [0.1, 0.15) is 11.5 Å². The Bertz CT molecular complexity index is 377. The molecule has 0 aromatic carbocycles. The number of rotatable bonds is 2. The highest BCUT2D eigenvalue weighted by molar-refractivity contribution is 8.13. The number of nitrogens with zero attached hydrogens (tertiary/aromatic N) is 2. The summed E-state index contributed by atoms with van der Waals surface area (Å²) in [5.74, 6) is 0.283. The average molecular weight is 207 g/mol. The van der Waals surface area contributed by atoms with Gasteiger partial charge in [-0.1, -0.05) is 0 Å². The van der Waals surface area contributed by atoms with Crippen molar-refractivity contribution in [3.8, 4) is 0 Å². The zero-order valence-corrected chi connectivity index (χ0v) is 7.93. The highest BCUT2D eigenvalue weighted by Crippen LogP contribution is 2.06. The predicted molar refractivity (Wildman–Crippen MR) is 45.2 cm³/mol. The first kappa shape index (κ1) is 9.41. The van der Waals surface area contributed by atoms with E-state index in [0.29, 0.717) is 11.5 Å². The van der Waals surface area contributed by atoms with E-state index in [1.165, 1.54) is 12.3 Å². The van der Waals surface area contributed by atoms with Crippen LogP contribution in [0, 0.1) is 6.92 Å². The maximum Gasteiger partial charge on any atom is 0.238 e. The van der Waals surface area contributed by atoms with Crippen molar-refractivity contribution in [3.63, 3.8) is 0 Å². The Kier molecular flexibility index (Phi) is 2.64. The normalized spacial score (nSPS) is 11.5. The molecule has 0 bridgehead atoms. The lowest BCUT2D eigenvalue weighted by atomic mass is 10.4. The summed E-state index contributed by atoms with van der Waals surface area (Å²) in [7, 11) is 1.52. The third kappa shape index (κ3) is 3.15. The molecule has 0 amide bonds. The minimum Gasteiger partial charge on any atom is -0.242 e. The molecule has 0 saturated heterocycles. The summed E-state index contributed by atoms with van der Waals surface area (Å²) in [4.78, 5) is 7.70. The highest BCUT2D eigenvalue weighted by Gasteiger charge is 2.07. The largest absolute Gasteiger partial charge is 0.242 e. The Morgan fingerprint density at radius 2 is 2.25 bits per heavy atom. The fourth-order valence-electron chi connectivity index (χ4n) is 0.762. The van der Waals surface area contributed by atoms with Crippen molar-refractivity contribution in [3.05, 3.63) is 23.8 Å². The van der Waals surface area contributed by atoms with Gasteiger partial charge < -0.3 is 0 Å². The molecular weight excluding hydrogens is 200 g/mol. The molecule has 0 unspecified atom stereocenters. The maximum atomic E-state index is 10.6. The molecule has 12 heavy (non-hydrogen) atoms. The van der Waals surface area contributed by atoms with Crippen LogP contribution in [-0.4, -0.2) is 18.4 Å². The fourth-order valence-corrected chi connectivity index (χ4v) is 1.61. The van der Waals surface area contributed by atoms with Gasteiger partial charge in [0.05, 0.1) is 5.69 Å². The van der Waals surface area contributed by atoms with Crippen molar-refractivity contribution < 1.29 is 8.42 Å². The molecule has 1 aromatic rings. The first-order valence-electron chi connectivity index (χ1n) is 3.18. The first-order valence-corrected chi connectivity index (χ1v) is 5.66. The van der Waals surface area contributed by atoms with E-state index in [-0.39, 0.29) is 5.75 Å². The van der Waals surface area contributed by atoms with E-state index >= 15 is 0 Å². The number of aromatic nitrogens is 2. The summed E-state index contributed by atoms with van der Waals surface area (Å²) in [5.41, 5.74) is 0.414. The Morgan fingerprint density at radius 1 is 1.58 bits per heavy atom. The summed E-state index contributed by atoms with van der Waals surface area (Å²) in [6, 6.07) is 1.52. The van der Waals surface area contributed by atoms with E-state index in [1.807, 2.05) is 0 Å². The Labute approximate surface area is 75.0 Å². The number of hydrogen-bond donors (Lipinski definition) is 0. The van der Waals surface area contributed by atoms with Crippen molar-refractivity contribution in [2.24, 2.45) is 0 Å². The fraction of sp³-hybridized carbons (Fsp3) is 0.333. The van der Waals surface area contributed by atoms with Crippen LogP contribution < -0.4 is 0 Å². The van der Waals surface area contributed by atoms with Crippen molar-refractivity contribution in [2.45, 2.75) is 12.7 Å². The minimum absolute atomic E-state index is 0.252. The molecule has 0 spiro atoms. The van der Waals surface area contributed by atoms with Crippen LogP contribution in [-0.2, 0) is 14.8 Å². The Morgan fingerprint density at radius 3 is 2.75 bits per heavy atom. The van der Waals surface area contributed by atoms with Gasteiger partial charge in [-0.15, -0.1) is 0 Å². The second kappa shape index (κ2) is 3.37. The molecule has 4 nitrogen and oxygen atoms in total. The first-order chi connectivity index (χ1) is 5.47. The summed E-state index contributed by atoms with van der Waals surface area (Å²) >= 11 is 0. The van der Waals surface area contributed by atoms with Crippen LogP contribution in [0.4, 0.5) is 0 Å². The van der Waals surface area contributed by atoms with E-state index in [4.69, 9.17) is 10.7 Å². The average Bonchev–Trinajstić information content (AvgIpc) is 1.82. The third-order valence-electron chi connectivity index (χ3n) is 1.15. The summed E-state index contributed by atoms with van der Waals surface area (Å²) in [6.07, 6.45) is 1.50. The smallest absolute Gasteiger partial charge is 0.238 e. The molecule has 0 saturated carbocycles. The highest BCUT2D eigenvalue weighted by atomic mass is 35.7. The van der Waals surface area contributed by atoms with Crippen LogP contribution in [0.2, 0.25) is 0 Å². The van der Waals surface area contributed by atoms with Crippen molar-refractivity contribution in [1.29, 1.82) is 0 Å². The Balaban J connectivity index is 2.91. The quantitative estimate of drug-likeness (QED) is 0.674. The van der Waals surface area contributed by atoms with Gasteiger partial charge in [0, 0.05) is 16.9 Å².